The van der Waals surface area contributed by atoms with Gasteiger partial charge >= 0.3 is 0 Å². The summed E-state index contributed by atoms with van der Waals surface area (Å²) in [5, 5.41) is 13.0. The summed E-state index contributed by atoms with van der Waals surface area (Å²) in [5.74, 6) is 0. The first-order valence-corrected chi connectivity index (χ1v) is 6.39. The van der Waals surface area contributed by atoms with E-state index in [-0.39, 0.29) is 0 Å². The highest BCUT2D eigenvalue weighted by Gasteiger charge is 2.11. The monoisotopic (exact) mass is 293 g/mol. The smallest absolute Gasteiger partial charge is 0.101 e. The van der Waals surface area contributed by atoms with Gasteiger partial charge in [-0.1, -0.05) is 0 Å². The van der Waals surface area contributed by atoms with Crippen molar-refractivity contribution in [3.8, 4) is 0 Å². The Balaban J connectivity index is 2.36. The number of methoxy groups -OCH3 is 1. The van der Waals surface area contributed by atoms with E-state index in [4.69, 9.17) is 4.74 Å². The van der Waals surface area contributed by atoms with Gasteiger partial charge in [-0.15, -0.1) is 11.3 Å². The van der Waals surface area contributed by atoms with Crippen LogP contribution >= 0.6 is 27.3 Å². The number of hydrogen-bond donors (Lipinski definition) is 2. The molecule has 0 amide bonds. The van der Waals surface area contributed by atoms with Crippen LogP contribution in [-0.2, 0) is 4.74 Å². The first-order chi connectivity index (χ1) is 7.15. The molecule has 1 rings (SSSR count). The van der Waals surface area contributed by atoms with Gasteiger partial charge in [0.2, 0.25) is 0 Å². The molecule has 0 aromatic carbocycles. The van der Waals surface area contributed by atoms with Gasteiger partial charge in [-0.3, -0.25) is 0 Å². The molecule has 2 N–H and O–H groups in total. The molecular weight excluding hydrogens is 278 g/mol. The van der Waals surface area contributed by atoms with Crippen LogP contribution in [0.15, 0.2) is 10.5 Å². The van der Waals surface area contributed by atoms with E-state index in [9.17, 15) is 5.11 Å². The van der Waals surface area contributed by atoms with Crippen molar-refractivity contribution >= 4 is 27.3 Å². The standard InChI is InChI=1S/C10H16BrNO2S/c1-7-8(11)5-10(15-7)9(13)6-12-3-4-14-2/h5,9,12-13H,3-4,6H2,1-2H3. The van der Waals surface area contributed by atoms with Gasteiger partial charge in [0.25, 0.3) is 0 Å². The summed E-state index contributed by atoms with van der Waals surface area (Å²) in [4.78, 5) is 2.19. The molecule has 0 aliphatic carbocycles. The molecule has 1 aromatic rings. The minimum atomic E-state index is -0.433. The van der Waals surface area contributed by atoms with Crippen molar-refractivity contribution in [1.82, 2.24) is 5.32 Å². The van der Waals surface area contributed by atoms with Crippen LogP contribution in [0.3, 0.4) is 0 Å². The zero-order chi connectivity index (χ0) is 11.3. The Morgan fingerprint density at radius 1 is 1.67 bits per heavy atom. The molecule has 0 aliphatic rings. The third kappa shape index (κ3) is 4.20. The van der Waals surface area contributed by atoms with E-state index in [1.807, 2.05) is 13.0 Å². The van der Waals surface area contributed by atoms with Crippen molar-refractivity contribution in [1.29, 1.82) is 0 Å². The summed E-state index contributed by atoms with van der Waals surface area (Å²) in [7, 11) is 1.66. The molecule has 0 aliphatic heterocycles. The molecule has 0 spiro atoms. The lowest BCUT2D eigenvalue weighted by molar-refractivity contribution is 0.164. The molecule has 1 heterocycles. The molecule has 3 nitrogen and oxygen atoms in total. The summed E-state index contributed by atoms with van der Waals surface area (Å²) >= 11 is 5.05. The maximum Gasteiger partial charge on any atom is 0.101 e. The second kappa shape index (κ2) is 6.60. The van der Waals surface area contributed by atoms with Gasteiger partial charge in [-0.25, -0.2) is 0 Å². The van der Waals surface area contributed by atoms with Gasteiger partial charge in [0, 0.05) is 34.4 Å². The van der Waals surface area contributed by atoms with Gasteiger partial charge in [0.05, 0.1) is 6.61 Å². The molecule has 1 unspecified atom stereocenters. The molecule has 0 radical (unpaired) electrons. The van der Waals surface area contributed by atoms with Crippen LogP contribution < -0.4 is 5.32 Å². The van der Waals surface area contributed by atoms with Crippen molar-refractivity contribution in [3.63, 3.8) is 0 Å². The summed E-state index contributed by atoms with van der Waals surface area (Å²) in [6.45, 7) is 4.03. The van der Waals surface area contributed by atoms with Crippen molar-refractivity contribution in [2.24, 2.45) is 0 Å². The fourth-order valence-electron chi connectivity index (χ4n) is 1.16. The normalized spacial score (nSPS) is 13.1. The van der Waals surface area contributed by atoms with Gasteiger partial charge in [0.1, 0.15) is 6.10 Å². The number of hydrogen-bond acceptors (Lipinski definition) is 4. The van der Waals surface area contributed by atoms with E-state index in [0.29, 0.717) is 13.2 Å². The van der Waals surface area contributed by atoms with Gasteiger partial charge < -0.3 is 15.2 Å². The maximum absolute atomic E-state index is 9.84. The van der Waals surface area contributed by atoms with Gasteiger partial charge in [0.15, 0.2) is 0 Å². The number of nitrogens with one attached hydrogen (secondary N) is 1. The van der Waals surface area contributed by atoms with Crippen LogP contribution in [0.2, 0.25) is 0 Å². The van der Waals surface area contributed by atoms with Crippen LogP contribution in [0.4, 0.5) is 0 Å². The average Bonchev–Trinajstić information content (AvgIpc) is 2.54. The van der Waals surface area contributed by atoms with Crippen molar-refractivity contribution < 1.29 is 9.84 Å². The minimum Gasteiger partial charge on any atom is -0.386 e. The molecule has 0 fully saturated rings. The van der Waals surface area contributed by atoms with E-state index < -0.39 is 6.10 Å². The first kappa shape index (κ1) is 13.1. The van der Waals surface area contributed by atoms with Crippen molar-refractivity contribution in [2.75, 3.05) is 26.8 Å². The molecule has 0 saturated carbocycles. The van der Waals surface area contributed by atoms with Crippen LogP contribution in [0.25, 0.3) is 0 Å². The zero-order valence-corrected chi connectivity index (χ0v) is 11.3. The lowest BCUT2D eigenvalue weighted by Crippen LogP contribution is -2.24. The number of thiophene rings is 1. The molecule has 1 aromatic heterocycles. The molecule has 5 heteroatoms. The van der Waals surface area contributed by atoms with Gasteiger partial charge in [-0.05, 0) is 28.9 Å². The Bertz CT molecular complexity index is 284. The molecule has 1 atom stereocenters. The fourth-order valence-corrected chi connectivity index (χ4v) is 2.71. The Kier molecular flexibility index (Phi) is 5.78. The minimum absolute atomic E-state index is 0.433. The molecular formula is C10H16BrNO2S. The van der Waals surface area contributed by atoms with E-state index in [1.165, 1.54) is 4.88 Å². The summed E-state index contributed by atoms with van der Waals surface area (Å²) in [6, 6.07) is 1.97. The second-order valence-electron chi connectivity index (χ2n) is 3.27. The van der Waals surface area contributed by atoms with Crippen LogP contribution in [-0.4, -0.2) is 31.9 Å². The van der Waals surface area contributed by atoms with Crippen molar-refractivity contribution in [2.45, 2.75) is 13.0 Å². The van der Waals surface area contributed by atoms with Crippen LogP contribution in [0, 0.1) is 6.92 Å². The Morgan fingerprint density at radius 3 is 2.93 bits per heavy atom. The summed E-state index contributed by atoms with van der Waals surface area (Å²) in [5.41, 5.74) is 0. The highest BCUT2D eigenvalue weighted by molar-refractivity contribution is 9.10. The van der Waals surface area contributed by atoms with E-state index in [1.54, 1.807) is 18.4 Å². The molecule has 0 bridgehead atoms. The van der Waals surface area contributed by atoms with E-state index in [0.717, 1.165) is 15.9 Å². The summed E-state index contributed by atoms with van der Waals surface area (Å²) < 4.78 is 5.97. The Morgan fingerprint density at radius 2 is 2.40 bits per heavy atom. The number of aliphatic hydroxyl groups excluding tert-OH is 1. The Labute approximate surface area is 103 Å². The lowest BCUT2D eigenvalue weighted by Gasteiger charge is -2.09. The average molecular weight is 294 g/mol. The van der Waals surface area contributed by atoms with Gasteiger partial charge in [-0.2, -0.15) is 0 Å². The maximum atomic E-state index is 9.84. The van der Waals surface area contributed by atoms with E-state index in [2.05, 4.69) is 21.2 Å². The predicted octanol–water partition coefficient (Wildman–Crippen LogP) is 2.09. The number of halogens is 1. The SMILES string of the molecule is COCCNCC(O)c1cc(Br)c(C)s1. The number of rotatable bonds is 6. The molecule has 86 valence electrons. The fraction of sp³-hybridized carbons (Fsp3) is 0.600. The first-order valence-electron chi connectivity index (χ1n) is 4.78. The van der Waals surface area contributed by atoms with Crippen LogP contribution in [0.1, 0.15) is 15.9 Å². The summed E-state index contributed by atoms with van der Waals surface area (Å²) in [6.07, 6.45) is -0.433. The van der Waals surface area contributed by atoms with Crippen molar-refractivity contribution in [3.05, 3.63) is 20.3 Å². The number of aliphatic hydroxyl groups is 1. The highest BCUT2D eigenvalue weighted by Crippen LogP contribution is 2.30. The molecule has 15 heavy (non-hydrogen) atoms. The highest BCUT2D eigenvalue weighted by atomic mass is 79.9. The second-order valence-corrected chi connectivity index (χ2v) is 5.41. The third-order valence-corrected chi connectivity index (χ3v) is 4.26. The van der Waals surface area contributed by atoms with E-state index >= 15 is 0 Å². The third-order valence-electron chi connectivity index (χ3n) is 2.03. The molecule has 0 saturated heterocycles. The number of ether oxygens (including phenoxy) is 1. The number of aryl methyl sites for hydroxylation is 1. The quantitative estimate of drug-likeness (QED) is 0.789. The Hall–Kier alpha value is 0.0600. The largest absolute Gasteiger partial charge is 0.386 e. The lowest BCUT2D eigenvalue weighted by atomic mass is 10.3. The topological polar surface area (TPSA) is 41.5 Å². The predicted molar refractivity (Wildman–Crippen MR) is 66.5 cm³/mol. The van der Waals surface area contributed by atoms with Crippen LogP contribution in [0.5, 0.6) is 0 Å². The zero-order valence-electron chi connectivity index (χ0n) is 8.92.